The van der Waals surface area contributed by atoms with Gasteiger partial charge in [0.2, 0.25) is 0 Å². The molecule has 50 heavy (non-hydrogen) atoms. The van der Waals surface area contributed by atoms with Gasteiger partial charge in [-0.25, -0.2) is 0 Å². The smallest absolute Gasteiger partial charge is 0.0652 e. The molecule has 9 aromatic carbocycles. The molecule has 0 fully saturated rings. The lowest BCUT2D eigenvalue weighted by Crippen LogP contribution is -1.96. The van der Waals surface area contributed by atoms with Crippen molar-refractivity contribution < 1.29 is 20.6 Å². The summed E-state index contributed by atoms with van der Waals surface area (Å²) in [5, 5.41) is 5.60. The number of nitrogens with zero attached hydrogens (tertiary/aromatic N) is 2. The zero-order chi connectivity index (χ0) is 45.8. The van der Waals surface area contributed by atoms with Gasteiger partial charge in [0.05, 0.1) is 42.6 Å². The van der Waals surface area contributed by atoms with Gasteiger partial charge in [0.1, 0.15) is 0 Å². The van der Waals surface area contributed by atoms with Crippen molar-refractivity contribution in [1.82, 2.24) is 9.13 Å². The zero-order valence-corrected chi connectivity index (χ0v) is 26.1. The largest absolute Gasteiger partial charge is 0.309 e. The molecule has 2 heteroatoms. The second-order valence-electron chi connectivity index (χ2n) is 12.2. The van der Waals surface area contributed by atoms with Crippen molar-refractivity contribution in [3.8, 4) is 22.5 Å². The summed E-state index contributed by atoms with van der Waals surface area (Å²) >= 11 is 0. The highest BCUT2D eigenvalue weighted by Gasteiger charge is 2.17. The molecule has 0 atom stereocenters. The molecule has 232 valence electrons. The molecule has 0 unspecified atom stereocenters. The van der Waals surface area contributed by atoms with Gasteiger partial charge in [-0.15, -0.1) is 0 Å². The molecular weight excluding hydrogens is 605 g/mol. The van der Waals surface area contributed by atoms with Crippen LogP contribution in [-0.2, 0) is 0 Å². The number of fused-ring (bicyclic) bond motifs is 12. The van der Waals surface area contributed by atoms with Gasteiger partial charge in [0.15, 0.2) is 0 Å². The lowest BCUT2D eigenvalue weighted by Gasteiger charge is -2.13. The fourth-order valence-electron chi connectivity index (χ4n) is 7.43. The predicted molar refractivity (Wildman–Crippen MR) is 213 cm³/mol. The SMILES string of the molecule is [2H]c1c([2H])c([2H])c2c(c1[2H])c1c([2H])c(-n3c4c([2H])c([2H])c([2H])c([2H])c4c4c([2H])c([2H])c([2H])c([2H])c43)c([2H])c([2H])c1n2-c1cccc(-c2ccc3c4ccccc4c4ccccc4c3c2)c1. The second kappa shape index (κ2) is 10.4. The van der Waals surface area contributed by atoms with Gasteiger partial charge >= 0.3 is 0 Å². The van der Waals surface area contributed by atoms with Crippen molar-refractivity contribution in [3.05, 3.63) is 182 Å². The van der Waals surface area contributed by atoms with E-state index >= 15 is 0 Å². The van der Waals surface area contributed by atoms with Crippen LogP contribution >= 0.6 is 0 Å². The average Bonchev–Trinajstić information content (AvgIpc) is 3.87. The van der Waals surface area contributed by atoms with Crippen LogP contribution < -0.4 is 0 Å². The number of hydrogen-bond donors (Lipinski definition) is 0. The van der Waals surface area contributed by atoms with Crippen LogP contribution in [0.4, 0.5) is 0 Å². The number of hydrogen-bond acceptors (Lipinski definition) is 0. The van der Waals surface area contributed by atoms with E-state index in [0.717, 1.165) is 48.0 Å². The second-order valence-corrected chi connectivity index (χ2v) is 12.2. The summed E-state index contributed by atoms with van der Waals surface area (Å²) in [7, 11) is 0. The van der Waals surface area contributed by atoms with Gasteiger partial charge in [0.25, 0.3) is 0 Å². The quantitative estimate of drug-likeness (QED) is 0.169. The Hall–Kier alpha value is -6.64. The maximum Gasteiger partial charge on any atom is 0.0652 e. The van der Waals surface area contributed by atoms with E-state index in [1.54, 1.807) is 12.1 Å². The Morgan fingerprint density at radius 1 is 0.320 bits per heavy atom. The van der Waals surface area contributed by atoms with E-state index in [1.807, 2.05) is 42.5 Å². The van der Waals surface area contributed by atoms with Crippen LogP contribution in [0, 0.1) is 0 Å². The van der Waals surface area contributed by atoms with E-state index in [4.69, 9.17) is 13.7 Å². The van der Waals surface area contributed by atoms with Crippen molar-refractivity contribution >= 4 is 75.9 Å². The first-order chi connectivity index (χ1) is 31.1. The normalized spacial score (nSPS) is 16.2. The van der Waals surface area contributed by atoms with Crippen LogP contribution in [0.25, 0.3) is 98.4 Å². The molecule has 0 bridgehead atoms. The number of para-hydroxylation sites is 3. The van der Waals surface area contributed by atoms with E-state index in [0.29, 0.717) is 5.69 Å². The van der Waals surface area contributed by atoms with Gasteiger partial charge < -0.3 is 9.13 Å². The van der Waals surface area contributed by atoms with Crippen LogP contribution in [0.3, 0.4) is 0 Å². The monoisotopic (exact) mass is 649 g/mol. The molecule has 0 saturated heterocycles. The van der Waals surface area contributed by atoms with Crippen molar-refractivity contribution in [3.63, 3.8) is 0 Å². The molecule has 0 aliphatic carbocycles. The van der Waals surface area contributed by atoms with Gasteiger partial charge in [-0.3, -0.25) is 0 Å². The van der Waals surface area contributed by atoms with Crippen molar-refractivity contribution in [2.45, 2.75) is 0 Å². The van der Waals surface area contributed by atoms with E-state index in [9.17, 15) is 6.85 Å². The fourth-order valence-corrected chi connectivity index (χ4v) is 7.43. The average molecular weight is 650 g/mol. The van der Waals surface area contributed by atoms with Crippen LogP contribution in [-0.4, -0.2) is 9.13 Å². The first kappa shape index (κ1) is 16.6. The lowest BCUT2D eigenvalue weighted by atomic mass is 9.92. The first-order valence-corrected chi connectivity index (χ1v) is 16.1. The minimum absolute atomic E-state index is 0.0799. The Labute approximate surface area is 309 Å². The summed E-state index contributed by atoms with van der Waals surface area (Å²) in [6.45, 7) is 0. The van der Waals surface area contributed by atoms with Crippen molar-refractivity contribution in [1.29, 1.82) is 0 Å². The van der Waals surface area contributed by atoms with E-state index in [-0.39, 0.29) is 43.6 Å². The third-order valence-electron chi connectivity index (χ3n) is 9.58. The molecule has 11 rings (SSSR count). The number of benzene rings is 9. The molecule has 0 N–H and O–H groups in total. The van der Waals surface area contributed by atoms with Crippen LogP contribution in [0.2, 0.25) is 0 Å². The molecule has 0 radical (unpaired) electrons. The Bertz CT molecular complexity index is 3910. The molecule has 0 aliphatic heterocycles. The molecule has 0 amide bonds. The summed E-state index contributed by atoms with van der Waals surface area (Å²) in [6.07, 6.45) is 0. The summed E-state index contributed by atoms with van der Waals surface area (Å²) in [6, 6.07) is 20.5. The van der Waals surface area contributed by atoms with Crippen LogP contribution in [0.15, 0.2) is 182 Å². The summed E-state index contributed by atoms with van der Waals surface area (Å²) in [5.74, 6) is 0. The van der Waals surface area contributed by atoms with Gasteiger partial charge in [-0.1, -0.05) is 127 Å². The minimum atomic E-state index is -0.703. The third-order valence-corrected chi connectivity index (χ3v) is 9.58. The maximum absolute atomic E-state index is 9.90. The van der Waals surface area contributed by atoms with Gasteiger partial charge in [-0.2, -0.15) is 0 Å². The standard InChI is InChI=1S/C48H30N2/c1-2-16-37-35(14-1)36-15-3-4-17-38(36)43-29-32(24-26-39(37)43)31-12-11-13-33(28-31)49-47-23-10-7-20-42(47)44-30-34(25-27-48(44)49)50-45-21-8-5-18-40(45)41-19-6-9-22-46(41)50/h1-30H/i5D,6D,7D,8D,9D,10D,18D,19D,20D,21D,22D,23D,25D,27D,30D. The van der Waals surface area contributed by atoms with Crippen molar-refractivity contribution in [2.75, 3.05) is 0 Å². The first-order valence-electron chi connectivity index (χ1n) is 23.6. The van der Waals surface area contributed by atoms with E-state index in [1.165, 1.54) is 4.57 Å². The Balaban J connectivity index is 1.26. The molecular formula is C48H30N2. The van der Waals surface area contributed by atoms with Crippen LogP contribution in [0.1, 0.15) is 20.6 Å². The Morgan fingerprint density at radius 3 is 1.42 bits per heavy atom. The molecule has 0 saturated carbocycles. The van der Waals surface area contributed by atoms with Crippen molar-refractivity contribution in [2.24, 2.45) is 0 Å². The highest BCUT2D eigenvalue weighted by molar-refractivity contribution is 6.25. The number of rotatable bonds is 3. The third kappa shape index (κ3) is 3.85. The van der Waals surface area contributed by atoms with Gasteiger partial charge in [-0.05, 0) is 97.9 Å². The summed E-state index contributed by atoms with van der Waals surface area (Å²) in [5.41, 5.74) is 0.545. The molecule has 0 aliphatic rings. The fraction of sp³-hybridized carbons (Fsp3) is 0. The lowest BCUT2D eigenvalue weighted by molar-refractivity contribution is 1.17. The molecule has 11 aromatic rings. The summed E-state index contributed by atoms with van der Waals surface area (Å²) in [4.78, 5) is 0. The highest BCUT2D eigenvalue weighted by Crippen LogP contribution is 2.39. The predicted octanol–water partition coefficient (Wildman–Crippen LogP) is 13.0. The van der Waals surface area contributed by atoms with E-state index < -0.39 is 96.3 Å². The maximum atomic E-state index is 9.90. The Kier molecular flexibility index (Phi) is 3.47. The molecule has 2 heterocycles. The van der Waals surface area contributed by atoms with E-state index in [2.05, 4.69) is 36.4 Å². The van der Waals surface area contributed by atoms with Gasteiger partial charge in [0, 0.05) is 32.9 Å². The Morgan fingerprint density at radius 2 is 0.800 bits per heavy atom. The topological polar surface area (TPSA) is 9.86 Å². The molecule has 2 nitrogen and oxygen atoms in total. The highest BCUT2D eigenvalue weighted by atomic mass is 15.0. The minimum Gasteiger partial charge on any atom is -0.309 e. The van der Waals surface area contributed by atoms with Crippen LogP contribution in [0.5, 0.6) is 0 Å². The summed E-state index contributed by atoms with van der Waals surface area (Å²) < 4.78 is 137. The number of aromatic nitrogens is 2. The zero-order valence-electron chi connectivity index (χ0n) is 41.1. The molecule has 0 spiro atoms. The molecule has 2 aromatic heterocycles.